The molecule has 1 aromatic rings. The average molecular weight is 232 g/mol. The van der Waals surface area contributed by atoms with E-state index in [0.717, 1.165) is 25.7 Å². The van der Waals surface area contributed by atoms with Crippen LogP contribution in [0.25, 0.3) is 0 Å². The molecule has 0 radical (unpaired) electrons. The third-order valence-corrected chi connectivity index (χ3v) is 3.22. The first-order valence-electron chi connectivity index (χ1n) is 6.04. The van der Waals surface area contributed by atoms with Crippen molar-refractivity contribution in [2.75, 3.05) is 0 Å². The molecular weight excluding hydrogens is 216 g/mol. The maximum Gasteiger partial charge on any atom is 0.224 e. The van der Waals surface area contributed by atoms with Crippen molar-refractivity contribution in [2.45, 2.75) is 38.1 Å². The van der Waals surface area contributed by atoms with Gasteiger partial charge in [0.2, 0.25) is 5.91 Å². The van der Waals surface area contributed by atoms with Crippen LogP contribution in [0.1, 0.15) is 43.9 Å². The SMILES string of the molecule is N#CC(NC(=O)C1CCCCC1)c1ccco1. The summed E-state index contributed by atoms with van der Waals surface area (Å²) in [6.45, 7) is 0. The van der Waals surface area contributed by atoms with E-state index in [2.05, 4.69) is 5.32 Å². The van der Waals surface area contributed by atoms with Crippen molar-refractivity contribution in [3.63, 3.8) is 0 Å². The molecule has 0 bridgehead atoms. The van der Waals surface area contributed by atoms with Crippen molar-refractivity contribution in [2.24, 2.45) is 5.92 Å². The highest BCUT2D eigenvalue weighted by Gasteiger charge is 2.24. The molecule has 0 aliphatic heterocycles. The fourth-order valence-corrected chi connectivity index (χ4v) is 2.25. The number of rotatable bonds is 3. The van der Waals surface area contributed by atoms with Crippen LogP contribution < -0.4 is 5.32 Å². The second-order valence-electron chi connectivity index (χ2n) is 4.42. The van der Waals surface area contributed by atoms with Gasteiger partial charge in [-0.05, 0) is 25.0 Å². The Bertz CT molecular complexity index is 400. The molecule has 1 N–H and O–H groups in total. The highest BCUT2D eigenvalue weighted by atomic mass is 16.3. The first kappa shape index (κ1) is 11.7. The van der Waals surface area contributed by atoms with Crippen LogP contribution in [-0.4, -0.2) is 5.91 Å². The Balaban J connectivity index is 1.95. The van der Waals surface area contributed by atoms with E-state index < -0.39 is 6.04 Å². The van der Waals surface area contributed by atoms with Gasteiger partial charge in [0.05, 0.1) is 12.3 Å². The monoisotopic (exact) mass is 232 g/mol. The number of nitrogens with one attached hydrogen (secondary N) is 1. The van der Waals surface area contributed by atoms with Crippen LogP contribution in [0, 0.1) is 17.2 Å². The summed E-state index contributed by atoms with van der Waals surface area (Å²) in [6.07, 6.45) is 6.80. The summed E-state index contributed by atoms with van der Waals surface area (Å²) in [5.74, 6) is 0.541. The predicted octanol–water partition coefficient (Wildman–Crippen LogP) is 2.54. The van der Waals surface area contributed by atoms with Gasteiger partial charge in [-0.2, -0.15) is 5.26 Å². The van der Waals surface area contributed by atoms with Crippen molar-refractivity contribution in [3.8, 4) is 6.07 Å². The Kier molecular flexibility index (Phi) is 3.81. The quantitative estimate of drug-likeness (QED) is 0.870. The van der Waals surface area contributed by atoms with Gasteiger partial charge in [-0.1, -0.05) is 19.3 Å². The number of nitriles is 1. The molecule has 1 unspecified atom stereocenters. The lowest BCUT2D eigenvalue weighted by Crippen LogP contribution is -2.34. The first-order chi connectivity index (χ1) is 8.31. The average Bonchev–Trinajstić information content (AvgIpc) is 2.90. The predicted molar refractivity (Wildman–Crippen MR) is 61.8 cm³/mol. The molecule has 1 heterocycles. The van der Waals surface area contributed by atoms with Crippen LogP contribution in [0.3, 0.4) is 0 Å². The summed E-state index contributed by atoms with van der Waals surface area (Å²) in [5, 5.41) is 11.8. The number of carbonyl (C=O) groups is 1. The molecule has 1 amide bonds. The lowest BCUT2D eigenvalue weighted by atomic mass is 9.88. The van der Waals surface area contributed by atoms with Crippen molar-refractivity contribution < 1.29 is 9.21 Å². The van der Waals surface area contributed by atoms with E-state index in [4.69, 9.17) is 9.68 Å². The minimum Gasteiger partial charge on any atom is -0.466 e. The van der Waals surface area contributed by atoms with Gasteiger partial charge in [-0.15, -0.1) is 0 Å². The maximum atomic E-state index is 12.0. The van der Waals surface area contributed by atoms with Gasteiger partial charge >= 0.3 is 0 Å². The summed E-state index contributed by atoms with van der Waals surface area (Å²) in [4.78, 5) is 12.0. The Morgan fingerprint density at radius 1 is 1.47 bits per heavy atom. The summed E-state index contributed by atoms with van der Waals surface area (Å²) < 4.78 is 5.14. The van der Waals surface area contributed by atoms with Crippen LogP contribution >= 0.6 is 0 Å². The zero-order valence-corrected chi connectivity index (χ0v) is 9.69. The fourth-order valence-electron chi connectivity index (χ4n) is 2.25. The minimum absolute atomic E-state index is 0.0207. The van der Waals surface area contributed by atoms with Crippen molar-refractivity contribution >= 4 is 5.91 Å². The van der Waals surface area contributed by atoms with Crippen molar-refractivity contribution in [1.82, 2.24) is 5.32 Å². The molecular formula is C13H16N2O2. The summed E-state index contributed by atoms with van der Waals surface area (Å²) in [6, 6.07) is 4.80. The zero-order chi connectivity index (χ0) is 12.1. The fraction of sp³-hybridized carbons (Fsp3) is 0.538. The van der Waals surface area contributed by atoms with Gasteiger partial charge in [0.25, 0.3) is 0 Å². The van der Waals surface area contributed by atoms with Crippen LogP contribution in [0.4, 0.5) is 0 Å². The van der Waals surface area contributed by atoms with E-state index in [-0.39, 0.29) is 11.8 Å². The standard InChI is InChI=1S/C13H16N2O2/c14-9-11(12-7-4-8-17-12)15-13(16)10-5-2-1-3-6-10/h4,7-8,10-11H,1-3,5-6H2,(H,15,16). The molecule has 1 aromatic heterocycles. The van der Waals surface area contributed by atoms with E-state index >= 15 is 0 Å². The number of hydrogen-bond acceptors (Lipinski definition) is 3. The van der Waals surface area contributed by atoms with Gasteiger partial charge < -0.3 is 9.73 Å². The van der Waals surface area contributed by atoms with E-state index in [9.17, 15) is 4.79 Å². The van der Waals surface area contributed by atoms with Crippen LogP contribution in [0.5, 0.6) is 0 Å². The number of amides is 1. The molecule has 4 nitrogen and oxygen atoms in total. The number of nitrogens with zero attached hydrogens (tertiary/aromatic N) is 1. The second-order valence-corrected chi connectivity index (χ2v) is 4.42. The lowest BCUT2D eigenvalue weighted by Gasteiger charge is -2.21. The van der Waals surface area contributed by atoms with E-state index in [1.54, 1.807) is 12.1 Å². The molecule has 90 valence electrons. The molecule has 0 spiro atoms. The van der Waals surface area contributed by atoms with E-state index in [1.807, 2.05) is 6.07 Å². The molecule has 1 atom stereocenters. The van der Waals surface area contributed by atoms with Crippen LogP contribution in [0.2, 0.25) is 0 Å². The topological polar surface area (TPSA) is 66.0 Å². The van der Waals surface area contributed by atoms with Crippen LogP contribution in [0.15, 0.2) is 22.8 Å². The van der Waals surface area contributed by atoms with Gasteiger partial charge in [0.1, 0.15) is 5.76 Å². The number of carbonyl (C=O) groups excluding carboxylic acids is 1. The Morgan fingerprint density at radius 2 is 2.24 bits per heavy atom. The maximum absolute atomic E-state index is 12.0. The molecule has 1 fully saturated rings. The largest absolute Gasteiger partial charge is 0.466 e. The van der Waals surface area contributed by atoms with Gasteiger partial charge in [0.15, 0.2) is 6.04 Å². The van der Waals surface area contributed by atoms with E-state index in [1.165, 1.54) is 12.7 Å². The molecule has 2 rings (SSSR count). The van der Waals surface area contributed by atoms with Crippen LogP contribution in [-0.2, 0) is 4.79 Å². The summed E-state index contributed by atoms with van der Waals surface area (Å²) in [5.41, 5.74) is 0. The van der Waals surface area contributed by atoms with Gasteiger partial charge in [0, 0.05) is 5.92 Å². The Hall–Kier alpha value is -1.76. The third kappa shape index (κ3) is 2.88. The minimum atomic E-state index is -0.667. The normalized spacial score (nSPS) is 18.3. The third-order valence-electron chi connectivity index (χ3n) is 3.22. The highest BCUT2D eigenvalue weighted by molar-refractivity contribution is 5.79. The Labute approximate surface area is 101 Å². The second kappa shape index (κ2) is 5.53. The Morgan fingerprint density at radius 3 is 2.82 bits per heavy atom. The molecule has 1 aliphatic carbocycles. The molecule has 0 saturated heterocycles. The van der Waals surface area contributed by atoms with Gasteiger partial charge in [-0.3, -0.25) is 4.79 Å². The van der Waals surface area contributed by atoms with Crippen molar-refractivity contribution in [1.29, 1.82) is 5.26 Å². The van der Waals surface area contributed by atoms with E-state index in [0.29, 0.717) is 5.76 Å². The molecule has 17 heavy (non-hydrogen) atoms. The zero-order valence-electron chi connectivity index (χ0n) is 9.69. The lowest BCUT2D eigenvalue weighted by molar-refractivity contribution is -0.126. The molecule has 1 saturated carbocycles. The molecule has 1 aliphatic rings. The summed E-state index contributed by atoms with van der Waals surface area (Å²) >= 11 is 0. The highest BCUT2D eigenvalue weighted by Crippen LogP contribution is 2.24. The first-order valence-corrected chi connectivity index (χ1v) is 6.04. The smallest absolute Gasteiger partial charge is 0.224 e. The summed E-state index contributed by atoms with van der Waals surface area (Å²) in [7, 11) is 0. The number of hydrogen-bond donors (Lipinski definition) is 1. The van der Waals surface area contributed by atoms with Gasteiger partial charge in [-0.25, -0.2) is 0 Å². The number of furan rings is 1. The van der Waals surface area contributed by atoms with Crippen molar-refractivity contribution in [3.05, 3.63) is 24.2 Å². The molecule has 4 heteroatoms. The molecule has 0 aromatic carbocycles.